The third kappa shape index (κ3) is 73.0. The fourth-order valence-corrected chi connectivity index (χ4v) is 12.6. The van der Waals surface area contributed by atoms with E-state index in [1.165, 1.54) is 360 Å². The lowest BCUT2D eigenvalue weighted by atomic mass is 10.0. The highest BCUT2D eigenvalue weighted by Gasteiger charge is 2.20. The zero-order chi connectivity index (χ0) is 62.8. The molecule has 2 unspecified atom stereocenters. The predicted octanol–water partition coefficient (Wildman–Crippen LogP) is 26.2. The fraction of sp³-hybridized carbons (Fsp3) is 0.901. The molecule has 0 aromatic heterocycles. The van der Waals surface area contributed by atoms with Crippen LogP contribution in [0.4, 0.5) is 0 Å². The number of hydrogen-bond acceptors (Lipinski definition) is 5. The number of aliphatic hydroxyl groups is 2. The van der Waals surface area contributed by atoms with Crippen LogP contribution in [0.2, 0.25) is 0 Å². The number of nitrogens with one attached hydrogen (secondary N) is 1. The summed E-state index contributed by atoms with van der Waals surface area (Å²) in [6, 6.07) is -0.541. The maximum atomic E-state index is 12.6. The lowest BCUT2D eigenvalue weighted by molar-refractivity contribution is -0.143. The Morgan fingerprint density at radius 1 is 0.322 bits per heavy atom. The molecule has 2 atom stereocenters. The van der Waals surface area contributed by atoms with Gasteiger partial charge in [-0.05, 0) is 83.5 Å². The van der Waals surface area contributed by atoms with Gasteiger partial charge in [0, 0.05) is 12.8 Å². The maximum Gasteiger partial charge on any atom is 0.305 e. The summed E-state index contributed by atoms with van der Waals surface area (Å²) in [5, 5.41) is 23.5. The van der Waals surface area contributed by atoms with Crippen LogP contribution < -0.4 is 5.32 Å². The van der Waals surface area contributed by atoms with Gasteiger partial charge in [-0.3, -0.25) is 9.59 Å². The molecule has 0 radical (unpaired) electrons. The highest BCUT2D eigenvalue weighted by Crippen LogP contribution is 2.20. The third-order valence-corrected chi connectivity index (χ3v) is 18.7. The Morgan fingerprint density at radius 2 is 0.575 bits per heavy atom. The first-order valence-electron chi connectivity index (χ1n) is 39.7. The van der Waals surface area contributed by atoms with Gasteiger partial charge in [-0.2, -0.15) is 0 Å². The van der Waals surface area contributed by atoms with Crippen molar-refractivity contribution in [3.8, 4) is 0 Å². The van der Waals surface area contributed by atoms with Gasteiger partial charge in [0.2, 0.25) is 5.91 Å². The van der Waals surface area contributed by atoms with Crippen LogP contribution in [0.3, 0.4) is 0 Å². The molecule has 1 amide bonds. The fourth-order valence-electron chi connectivity index (χ4n) is 12.6. The lowest BCUT2D eigenvalue weighted by Gasteiger charge is -2.22. The molecule has 514 valence electrons. The van der Waals surface area contributed by atoms with Gasteiger partial charge in [-0.1, -0.05) is 384 Å². The second-order valence-electron chi connectivity index (χ2n) is 27.4. The van der Waals surface area contributed by atoms with Gasteiger partial charge >= 0.3 is 5.97 Å². The Morgan fingerprint density at radius 3 is 0.908 bits per heavy atom. The van der Waals surface area contributed by atoms with Gasteiger partial charge in [0.1, 0.15) is 0 Å². The third-order valence-electron chi connectivity index (χ3n) is 18.7. The minimum atomic E-state index is -0.664. The first kappa shape index (κ1) is 85.1. The Bertz CT molecular complexity index is 1410. The van der Waals surface area contributed by atoms with Gasteiger partial charge in [-0.15, -0.1) is 0 Å². The number of amides is 1. The van der Waals surface area contributed by atoms with Crippen LogP contribution in [0.15, 0.2) is 36.5 Å². The van der Waals surface area contributed by atoms with E-state index in [9.17, 15) is 19.8 Å². The van der Waals surface area contributed by atoms with Crippen LogP contribution in [0.5, 0.6) is 0 Å². The van der Waals surface area contributed by atoms with E-state index in [-0.39, 0.29) is 18.5 Å². The van der Waals surface area contributed by atoms with E-state index in [4.69, 9.17) is 4.74 Å². The van der Waals surface area contributed by atoms with E-state index in [0.29, 0.717) is 25.9 Å². The summed E-state index contributed by atoms with van der Waals surface area (Å²) in [6.07, 6.45) is 99.5. The Hall–Kier alpha value is -1.92. The average Bonchev–Trinajstić information content (AvgIpc) is 3.53. The van der Waals surface area contributed by atoms with Crippen molar-refractivity contribution < 1.29 is 24.5 Å². The Balaban J connectivity index is 3.38. The van der Waals surface area contributed by atoms with Crippen molar-refractivity contribution in [3.05, 3.63) is 36.5 Å². The summed E-state index contributed by atoms with van der Waals surface area (Å²) in [4.78, 5) is 24.6. The standard InChI is InChI=1S/C81H155NO5/c1-3-5-7-9-11-13-15-17-18-19-20-21-35-38-41-44-47-50-53-57-61-65-69-73-79(84)78(77-83)82-80(85)74-70-66-62-58-54-51-48-45-42-39-36-33-31-29-27-25-23-22-24-26-28-30-32-34-37-40-43-46-49-52-56-60-64-68-72-76-87-81(86)75-71-67-63-59-55-16-14-12-10-8-6-4-2/h12,14,24,26,30,32,78-79,83-84H,3-11,13,15-23,25,27-29,31,33-77H2,1-2H3,(H,82,85)/b14-12-,26-24-,32-30-. The van der Waals surface area contributed by atoms with E-state index in [1.807, 2.05) is 0 Å². The molecule has 6 heteroatoms. The van der Waals surface area contributed by atoms with Crippen molar-refractivity contribution in [1.82, 2.24) is 5.32 Å². The molecule has 87 heavy (non-hydrogen) atoms. The molecule has 0 aliphatic heterocycles. The molecule has 0 aliphatic carbocycles. The zero-order valence-corrected chi connectivity index (χ0v) is 59.0. The van der Waals surface area contributed by atoms with Crippen LogP contribution in [0, 0.1) is 0 Å². The number of carbonyl (C=O) groups excluding carboxylic acids is 2. The monoisotopic (exact) mass is 1220 g/mol. The van der Waals surface area contributed by atoms with Crippen molar-refractivity contribution in [2.24, 2.45) is 0 Å². The molecule has 0 heterocycles. The first-order chi connectivity index (χ1) is 43.0. The summed E-state index contributed by atoms with van der Waals surface area (Å²) in [5.74, 6) is -0.0201. The van der Waals surface area contributed by atoms with Crippen molar-refractivity contribution >= 4 is 11.9 Å². The van der Waals surface area contributed by atoms with Gasteiger partial charge in [0.25, 0.3) is 0 Å². The molecule has 0 rings (SSSR count). The van der Waals surface area contributed by atoms with E-state index in [1.54, 1.807) is 0 Å². The molecule has 0 spiro atoms. The van der Waals surface area contributed by atoms with Crippen molar-refractivity contribution in [3.63, 3.8) is 0 Å². The average molecular weight is 1220 g/mol. The minimum Gasteiger partial charge on any atom is -0.466 e. The zero-order valence-electron chi connectivity index (χ0n) is 59.0. The molecule has 0 aromatic carbocycles. The van der Waals surface area contributed by atoms with E-state index >= 15 is 0 Å². The second kappa shape index (κ2) is 76.5. The number of carbonyl (C=O) groups is 2. The van der Waals surface area contributed by atoms with Crippen molar-refractivity contribution in [1.29, 1.82) is 0 Å². The molecule has 0 bridgehead atoms. The minimum absolute atomic E-state index is 0.00723. The van der Waals surface area contributed by atoms with Crippen molar-refractivity contribution in [2.75, 3.05) is 13.2 Å². The molecule has 3 N–H and O–H groups in total. The number of aliphatic hydroxyl groups excluding tert-OH is 2. The van der Waals surface area contributed by atoms with E-state index in [2.05, 4.69) is 55.6 Å². The van der Waals surface area contributed by atoms with Gasteiger partial charge < -0.3 is 20.3 Å². The summed E-state index contributed by atoms with van der Waals surface area (Å²) in [7, 11) is 0. The highest BCUT2D eigenvalue weighted by molar-refractivity contribution is 5.76. The number of ether oxygens (including phenoxy) is 1. The Labute approximate surface area is 544 Å². The van der Waals surface area contributed by atoms with E-state index < -0.39 is 12.1 Å². The molecule has 0 saturated heterocycles. The lowest BCUT2D eigenvalue weighted by Crippen LogP contribution is -2.45. The largest absolute Gasteiger partial charge is 0.466 e. The number of esters is 1. The van der Waals surface area contributed by atoms with Crippen LogP contribution in [0.25, 0.3) is 0 Å². The van der Waals surface area contributed by atoms with Crippen molar-refractivity contribution in [2.45, 2.75) is 456 Å². The molecule has 0 aromatic rings. The van der Waals surface area contributed by atoms with Crippen LogP contribution in [0.1, 0.15) is 444 Å². The Kier molecular flexibility index (Phi) is 74.8. The summed E-state index contributed by atoms with van der Waals surface area (Å²) in [5.41, 5.74) is 0. The van der Waals surface area contributed by atoms with Crippen LogP contribution in [-0.2, 0) is 14.3 Å². The topological polar surface area (TPSA) is 95.9 Å². The molecule has 0 aliphatic rings. The smallest absolute Gasteiger partial charge is 0.305 e. The molecule has 0 fully saturated rings. The summed E-state index contributed by atoms with van der Waals surface area (Å²) < 4.78 is 5.48. The quantitative estimate of drug-likeness (QED) is 0.0320. The maximum absolute atomic E-state index is 12.6. The molecular formula is C81H155NO5. The predicted molar refractivity (Wildman–Crippen MR) is 384 cm³/mol. The number of hydrogen-bond donors (Lipinski definition) is 3. The van der Waals surface area contributed by atoms with Gasteiger partial charge in [0.05, 0.1) is 25.4 Å². The van der Waals surface area contributed by atoms with Crippen LogP contribution >= 0.6 is 0 Å². The van der Waals surface area contributed by atoms with Gasteiger partial charge in [0.15, 0.2) is 0 Å². The van der Waals surface area contributed by atoms with Crippen LogP contribution in [-0.4, -0.2) is 47.4 Å². The normalized spacial score (nSPS) is 12.6. The number of allylic oxidation sites excluding steroid dienone is 6. The van der Waals surface area contributed by atoms with E-state index in [0.717, 1.165) is 51.4 Å². The highest BCUT2D eigenvalue weighted by atomic mass is 16.5. The summed E-state index contributed by atoms with van der Waals surface area (Å²) in [6.45, 7) is 4.97. The number of rotatable bonds is 75. The SMILES string of the molecule is CCCCC/C=C\CCCCCCCC(=O)OCCCCCCCCCCCCC/C=C\C/C=C\CCCCCCCCCCCCCCCCCCCC(=O)NC(CO)C(O)CCCCCCCCCCCCCCCCCCCCCCCCC. The first-order valence-corrected chi connectivity index (χ1v) is 39.7. The number of unbranched alkanes of at least 4 members (excludes halogenated alkanes) is 58. The molecule has 6 nitrogen and oxygen atoms in total. The molecule has 0 saturated carbocycles. The molecular weight excluding hydrogens is 1070 g/mol. The van der Waals surface area contributed by atoms with Gasteiger partial charge in [-0.25, -0.2) is 0 Å². The summed E-state index contributed by atoms with van der Waals surface area (Å²) >= 11 is 0. The second-order valence-corrected chi connectivity index (χ2v) is 27.4.